The van der Waals surface area contributed by atoms with Crippen LogP contribution in [0, 0.1) is 0 Å². The van der Waals surface area contributed by atoms with E-state index in [0.717, 1.165) is 5.56 Å². The first-order valence-corrected chi connectivity index (χ1v) is 6.62. The van der Waals surface area contributed by atoms with Crippen LogP contribution in [0.1, 0.15) is 27.8 Å². The zero-order valence-corrected chi connectivity index (χ0v) is 11.4. The van der Waals surface area contributed by atoms with Gasteiger partial charge in [-0.2, -0.15) is 11.3 Å². The number of H-pyrrole nitrogens is 1. The Bertz CT molecular complexity index is 586. The van der Waals surface area contributed by atoms with Crippen LogP contribution in [0.5, 0.6) is 0 Å². The van der Waals surface area contributed by atoms with Crippen molar-refractivity contribution in [3.63, 3.8) is 0 Å². The van der Waals surface area contributed by atoms with Gasteiger partial charge in [0.25, 0.3) is 0 Å². The minimum atomic E-state index is -0.493. The number of hydrogen-bond acceptors (Lipinski definition) is 5. The molecule has 100 valence electrons. The Kier molecular flexibility index (Phi) is 4.01. The van der Waals surface area contributed by atoms with E-state index in [2.05, 4.69) is 4.98 Å². The SMILES string of the molecule is CCOC(=O)c1cc(C(=O)OC)c(-c2ccsc2)[nH]1. The van der Waals surface area contributed by atoms with E-state index in [1.807, 2.05) is 16.8 Å². The molecule has 0 fully saturated rings. The van der Waals surface area contributed by atoms with E-state index in [1.54, 1.807) is 6.92 Å². The van der Waals surface area contributed by atoms with Crippen molar-refractivity contribution in [3.05, 3.63) is 34.2 Å². The minimum absolute atomic E-state index is 0.239. The highest BCUT2D eigenvalue weighted by Crippen LogP contribution is 2.26. The highest BCUT2D eigenvalue weighted by molar-refractivity contribution is 7.08. The van der Waals surface area contributed by atoms with Gasteiger partial charge in [0.15, 0.2) is 0 Å². The van der Waals surface area contributed by atoms with Crippen molar-refractivity contribution >= 4 is 23.3 Å². The monoisotopic (exact) mass is 279 g/mol. The van der Waals surface area contributed by atoms with Crippen LogP contribution in [0.25, 0.3) is 11.3 Å². The number of nitrogens with one attached hydrogen (secondary N) is 1. The predicted molar refractivity (Wildman–Crippen MR) is 71.4 cm³/mol. The summed E-state index contributed by atoms with van der Waals surface area (Å²) in [6.07, 6.45) is 0. The van der Waals surface area contributed by atoms with Gasteiger partial charge in [-0.05, 0) is 24.4 Å². The van der Waals surface area contributed by atoms with E-state index in [1.165, 1.54) is 24.5 Å². The van der Waals surface area contributed by atoms with E-state index in [-0.39, 0.29) is 12.3 Å². The van der Waals surface area contributed by atoms with Crippen LogP contribution in [-0.4, -0.2) is 30.6 Å². The number of rotatable bonds is 4. The summed E-state index contributed by atoms with van der Waals surface area (Å²) in [5.41, 5.74) is 1.96. The second kappa shape index (κ2) is 5.71. The topological polar surface area (TPSA) is 68.4 Å². The lowest BCUT2D eigenvalue weighted by Crippen LogP contribution is -2.04. The van der Waals surface area contributed by atoms with Crippen LogP contribution < -0.4 is 0 Å². The van der Waals surface area contributed by atoms with Crippen molar-refractivity contribution in [1.29, 1.82) is 0 Å². The van der Waals surface area contributed by atoms with Gasteiger partial charge in [-0.1, -0.05) is 0 Å². The lowest BCUT2D eigenvalue weighted by Gasteiger charge is -1.99. The van der Waals surface area contributed by atoms with Crippen molar-refractivity contribution in [3.8, 4) is 11.3 Å². The summed E-state index contributed by atoms with van der Waals surface area (Å²) < 4.78 is 9.63. The Labute approximate surface area is 114 Å². The van der Waals surface area contributed by atoms with Crippen LogP contribution in [0.15, 0.2) is 22.9 Å². The average molecular weight is 279 g/mol. The van der Waals surface area contributed by atoms with Crippen molar-refractivity contribution in [1.82, 2.24) is 4.98 Å². The van der Waals surface area contributed by atoms with Gasteiger partial charge in [-0.3, -0.25) is 0 Å². The molecule has 0 atom stereocenters. The molecule has 2 rings (SSSR count). The Morgan fingerprint density at radius 1 is 1.37 bits per heavy atom. The molecular weight excluding hydrogens is 266 g/mol. The van der Waals surface area contributed by atoms with E-state index in [0.29, 0.717) is 11.3 Å². The van der Waals surface area contributed by atoms with Gasteiger partial charge in [0.2, 0.25) is 0 Å². The molecule has 0 aliphatic heterocycles. The molecule has 0 aliphatic rings. The van der Waals surface area contributed by atoms with Crippen molar-refractivity contribution < 1.29 is 19.1 Å². The number of carbonyl (C=O) groups is 2. The fourth-order valence-corrected chi connectivity index (χ4v) is 2.33. The molecule has 6 heteroatoms. The van der Waals surface area contributed by atoms with Crippen molar-refractivity contribution in [2.45, 2.75) is 6.92 Å². The molecule has 1 N–H and O–H groups in total. The zero-order valence-electron chi connectivity index (χ0n) is 10.6. The number of methoxy groups -OCH3 is 1. The number of aromatic nitrogens is 1. The molecule has 0 bridgehead atoms. The smallest absolute Gasteiger partial charge is 0.354 e. The van der Waals surface area contributed by atoms with E-state index >= 15 is 0 Å². The standard InChI is InChI=1S/C13H13NO4S/c1-3-18-13(16)10-6-9(12(15)17-2)11(14-10)8-4-5-19-7-8/h4-7,14H,3H2,1-2H3. The summed E-state index contributed by atoms with van der Waals surface area (Å²) in [5, 5.41) is 3.77. The van der Waals surface area contributed by atoms with Gasteiger partial charge in [-0.25, -0.2) is 9.59 Å². The highest BCUT2D eigenvalue weighted by atomic mass is 32.1. The minimum Gasteiger partial charge on any atom is -0.465 e. The molecule has 0 aromatic carbocycles. The molecule has 0 saturated carbocycles. The summed E-state index contributed by atoms with van der Waals surface area (Å²) in [6.45, 7) is 2.00. The maximum Gasteiger partial charge on any atom is 0.354 e. The lowest BCUT2D eigenvalue weighted by molar-refractivity contribution is 0.0520. The molecule has 0 unspecified atom stereocenters. The molecule has 19 heavy (non-hydrogen) atoms. The normalized spacial score (nSPS) is 10.2. The van der Waals surface area contributed by atoms with Crippen LogP contribution in [0.2, 0.25) is 0 Å². The van der Waals surface area contributed by atoms with Crippen LogP contribution in [0.3, 0.4) is 0 Å². The summed E-state index contributed by atoms with van der Waals surface area (Å²) in [4.78, 5) is 26.3. The molecule has 0 spiro atoms. The summed E-state index contributed by atoms with van der Waals surface area (Å²) in [7, 11) is 1.30. The van der Waals surface area contributed by atoms with E-state index < -0.39 is 11.9 Å². The molecule has 2 heterocycles. The van der Waals surface area contributed by atoms with Gasteiger partial charge in [0.1, 0.15) is 5.69 Å². The Balaban J connectivity index is 2.46. The van der Waals surface area contributed by atoms with Gasteiger partial charge in [0, 0.05) is 10.9 Å². The summed E-state index contributed by atoms with van der Waals surface area (Å²) in [5.74, 6) is -0.984. The first-order chi connectivity index (χ1) is 9.17. The van der Waals surface area contributed by atoms with Gasteiger partial charge < -0.3 is 14.5 Å². The Morgan fingerprint density at radius 2 is 2.16 bits per heavy atom. The fourth-order valence-electron chi connectivity index (χ4n) is 1.68. The molecule has 2 aromatic rings. The molecule has 2 aromatic heterocycles. The zero-order chi connectivity index (χ0) is 13.8. The van der Waals surface area contributed by atoms with Gasteiger partial charge in [-0.15, -0.1) is 0 Å². The molecule has 5 nitrogen and oxygen atoms in total. The third-order valence-electron chi connectivity index (χ3n) is 2.53. The Hall–Kier alpha value is -2.08. The maximum atomic E-state index is 11.7. The van der Waals surface area contributed by atoms with Crippen molar-refractivity contribution in [2.75, 3.05) is 13.7 Å². The quantitative estimate of drug-likeness (QED) is 0.874. The lowest BCUT2D eigenvalue weighted by atomic mass is 10.1. The largest absolute Gasteiger partial charge is 0.465 e. The maximum absolute atomic E-state index is 11.7. The number of ether oxygens (including phenoxy) is 2. The molecule has 0 aliphatic carbocycles. The molecule has 0 saturated heterocycles. The summed E-state index contributed by atoms with van der Waals surface area (Å²) in [6, 6.07) is 3.31. The first-order valence-electron chi connectivity index (χ1n) is 5.68. The second-order valence-electron chi connectivity index (χ2n) is 3.70. The van der Waals surface area contributed by atoms with Crippen molar-refractivity contribution in [2.24, 2.45) is 0 Å². The van der Waals surface area contributed by atoms with Crippen LogP contribution in [0.4, 0.5) is 0 Å². The second-order valence-corrected chi connectivity index (χ2v) is 4.48. The Morgan fingerprint density at radius 3 is 2.74 bits per heavy atom. The van der Waals surface area contributed by atoms with Gasteiger partial charge >= 0.3 is 11.9 Å². The average Bonchev–Trinajstić information content (AvgIpc) is 3.06. The van der Waals surface area contributed by atoms with Crippen LogP contribution >= 0.6 is 11.3 Å². The first kappa shape index (κ1) is 13.4. The number of aromatic amines is 1. The molecular formula is C13H13NO4S. The number of esters is 2. The van der Waals surface area contributed by atoms with Crippen LogP contribution in [-0.2, 0) is 9.47 Å². The van der Waals surface area contributed by atoms with Gasteiger partial charge in [0.05, 0.1) is 25.0 Å². The molecule has 0 amide bonds. The third kappa shape index (κ3) is 2.68. The van der Waals surface area contributed by atoms with E-state index in [9.17, 15) is 9.59 Å². The van der Waals surface area contributed by atoms with E-state index in [4.69, 9.17) is 9.47 Å². The summed E-state index contributed by atoms with van der Waals surface area (Å²) >= 11 is 1.50. The molecule has 0 radical (unpaired) electrons. The number of carbonyl (C=O) groups excluding carboxylic acids is 2. The highest BCUT2D eigenvalue weighted by Gasteiger charge is 2.21. The number of thiophene rings is 1. The number of hydrogen-bond donors (Lipinski definition) is 1. The third-order valence-corrected chi connectivity index (χ3v) is 3.21. The predicted octanol–water partition coefficient (Wildman–Crippen LogP) is 2.71. The fraction of sp³-hybridized carbons (Fsp3) is 0.231.